The molecule has 6 heteroatoms. The van der Waals surface area contributed by atoms with Gasteiger partial charge < -0.3 is 20.1 Å². The maximum atomic E-state index is 13.3. The molecule has 0 aromatic heterocycles. The summed E-state index contributed by atoms with van der Waals surface area (Å²) in [5, 5.41) is 0. The molecule has 1 amide bonds. The van der Waals surface area contributed by atoms with E-state index in [0.29, 0.717) is 24.6 Å². The largest absolute Gasteiger partial charge is 0.514 e. The molecule has 0 saturated heterocycles. The molecule has 2 atom stereocenters. The van der Waals surface area contributed by atoms with Crippen molar-refractivity contribution in [3.8, 4) is 5.75 Å². The van der Waals surface area contributed by atoms with Gasteiger partial charge in [0.2, 0.25) is 5.91 Å². The number of amides is 1. The van der Waals surface area contributed by atoms with Gasteiger partial charge in [0, 0.05) is 12.2 Å². The topological polar surface area (TPSA) is 81.9 Å². The molecule has 1 unspecified atom stereocenters. The minimum atomic E-state index is -0.781. The molecule has 0 radical (unpaired) electrons. The Kier molecular flexibility index (Phi) is 7.13. The highest BCUT2D eigenvalue weighted by Crippen LogP contribution is 2.30. The Morgan fingerprint density at radius 3 is 2.61 bits per heavy atom. The normalized spacial score (nSPS) is 16.3. The van der Waals surface area contributed by atoms with Crippen LogP contribution in [-0.4, -0.2) is 31.3 Å². The van der Waals surface area contributed by atoms with Crippen LogP contribution in [0.25, 0.3) is 0 Å². The highest BCUT2D eigenvalue weighted by Gasteiger charge is 2.30. The summed E-state index contributed by atoms with van der Waals surface area (Å²) in [5.41, 5.74) is 11.3. The summed E-state index contributed by atoms with van der Waals surface area (Å²) in [6, 6.07) is 10.9. The van der Waals surface area contributed by atoms with Crippen LogP contribution >= 0.6 is 0 Å². The van der Waals surface area contributed by atoms with E-state index in [1.807, 2.05) is 36.9 Å². The first-order valence-electron chi connectivity index (χ1n) is 10.5. The lowest BCUT2D eigenvalue weighted by molar-refractivity contribution is -0.120. The Hall–Kier alpha value is -3.12. The Labute approximate surface area is 183 Å². The van der Waals surface area contributed by atoms with Crippen molar-refractivity contribution in [1.29, 1.82) is 0 Å². The van der Waals surface area contributed by atoms with Crippen LogP contribution in [0.3, 0.4) is 0 Å². The van der Waals surface area contributed by atoms with E-state index in [2.05, 4.69) is 19.6 Å². The van der Waals surface area contributed by atoms with Crippen molar-refractivity contribution in [3.63, 3.8) is 0 Å². The summed E-state index contributed by atoms with van der Waals surface area (Å²) in [4.78, 5) is 26.8. The molecule has 0 spiro atoms. The number of carbonyl (C=O) groups excluding carboxylic acids is 2. The fourth-order valence-corrected chi connectivity index (χ4v) is 4.10. The molecule has 2 N–H and O–H groups in total. The van der Waals surface area contributed by atoms with E-state index in [0.717, 1.165) is 28.8 Å². The minimum Gasteiger partial charge on any atom is -0.430 e. The number of ether oxygens (including phenoxy) is 2. The number of fused-ring (bicyclic) bond motifs is 1. The van der Waals surface area contributed by atoms with Gasteiger partial charge in [-0.1, -0.05) is 37.8 Å². The predicted molar refractivity (Wildman–Crippen MR) is 121 cm³/mol. The third kappa shape index (κ3) is 5.33. The van der Waals surface area contributed by atoms with Crippen LogP contribution in [0.4, 0.5) is 10.5 Å². The second kappa shape index (κ2) is 9.79. The molecule has 2 aromatic rings. The van der Waals surface area contributed by atoms with E-state index in [1.165, 1.54) is 11.6 Å². The van der Waals surface area contributed by atoms with Crippen molar-refractivity contribution < 1.29 is 19.1 Å². The standard InChI is InChI=1S/C25H30N2O4/c1-5-10-30-25(29)31-20-12-17(3)21(18(4)13-20)14-22(26)24(28)27-15-16(2)11-19-8-6-7-9-23(19)27/h5-9,12-13,16,22H,1,10-11,14-15,26H2,2-4H3/t16?,22-/m0/s1. The average Bonchev–Trinajstić information content (AvgIpc) is 2.73. The average molecular weight is 423 g/mol. The van der Waals surface area contributed by atoms with Gasteiger partial charge in [0.05, 0.1) is 6.04 Å². The SMILES string of the molecule is C=CCOC(=O)Oc1cc(C)c(C[C@H](N)C(=O)N2CC(C)Cc3ccccc32)c(C)c1. The van der Waals surface area contributed by atoms with Gasteiger partial charge in [-0.25, -0.2) is 4.79 Å². The molecule has 0 bridgehead atoms. The number of rotatable bonds is 6. The third-order valence-electron chi connectivity index (χ3n) is 5.54. The number of benzene rings is 2. The predicted octanol–water partition coefficient (Wildman–Crippen LogP) is 4.10. The highest BCUT2D eigenvalue weighted by atomic mass is 16.7. The van der Waals surface area contributed by atoms with Crippen molar-refractivity contribution >= 4 is 17.7 Å². The zero-order chi connectivity index (χ0) is 22.5. The number of carbonyl (C=O) groups is 2. The molecule has 1 aliphatic rings. The fraction of sp³-hybridized carbons (Fsp3) is 0.360. The first-order chi connectivity index (χ1) is 14.8. The van der Waals surface area contributed by atoms with Crippen molar-refractivity contribution in [2.24, 2.45) is 11.7 Å². The molecule has 164 valence electrons. The molecular weight excluding hydrogens is 392 g/mol. The number of nitrogens with two attached hydrogens (primary N) is 1. The minimum absolute atomic E-state index is 0.0777. The maximum Gasteiger partial charge on any atom is 0.514 e. The zero-order valence-corrected chi connectivity index (χ0v) is 18.4. The molecule has 31 heavy (non-hydrogen) atoms. The van der Waals surface area contributed by atoms with Crippen LogP contribution in [0.1, 0.15) is 29.2 Å². The number of para-hydroxylation sites is 1. The Morgan fingerprint density at radius 1 is 1.26 bits per heavy atom. The maximum absolute atomic E-state index is 13.3. The van der Waals surface area contributed by atoms with Crippen LogP contribution in [0.5, 0.6) is 5.75 Å². The molecule has 2 aromatic carbocycles. The smallest absolute Gasteiger partial charge is 0.430 e. The third-order valence-corrected chi connectivity index (χ3v) is 5.54. The molecule has 1 aliphatic heterocycles. The van der Waals surface area contributed by atoms with Gasteiger partial charge >= 0.3 is 6.16 Å². The van der Waals surface area contributed by atoms with E-state index in [4.69, 9.17) is 15.2 Å². The molecule has 3 rings (SSSR count). The second-order valence-electron chi connectivity index (χ2n) is 8.18. The van der Waals surface area contributed by atoms with Crippen molar-refractivity contribution in [2.45, 2.75) is 39.7 Å². The van der Waals surface area contributed by atoms with Crippen molar-refractivity contribution in [3.05, 3.63) is 71.3 Å². The van der Waals surface area contributed by atoms with E-state index >= 15 is 0 Å². The van der Waals surface area contributed by atoms with Crippen LogP contribution in [-0.2, 0) is 22.4 Å². The summed E-state index contributed by atoms with van der Waals surface area (Å²) in [6.45, 7) is 10.2. The zero-order valence-electron chi connectivity index (χ0n) is 18.4. The van der Waals surface area contributed by atoms with Gasteiger partial charge in [-0.2, -0.15) is 0 Å². The van der Waals surface area contributed by atoms with E-state index in [-0.39, 0.29) is 12.5 Å². The van der Waals surface area contributed by atoms with Gasteiger partial charge in [-0.05, 0) is 73.1 Å². The van der Waals surface area contributed by atoms with E-state index in [1.54, 1.807) is 12.1 Å². The van der Waals surface area contributed by atoms with Crippen LogP contribution < -0.4 is 15.4 Å². The molecule has 0 aliphatic carbocycles. The monoisotopic (exact) mass is 422 g/mol. The lowest BCUT2D eigenvalue weighted by Gasteiger charge is -2.34. The van der Waals surface area contributed by atoms with Crippen LogP contribution in [0.15, 0.2) is 49.1 Å². The van der Waals surface area contributed by atoms with Crippen LogP contribution in [0.2, 0.25) is 0 Å². The summed E-state index contributed by atoms with van der Waals surface area (Å²) >= 11 is 0. The summed E-state index contributed by atoms with van der Waals surface area (Å²) in [6.07, 6.45) is 2.06. The molecule has 0 fully saturated rings. The second-order valence-corrected chi connectivity index (χ2v) is 8.18. The highest BCUT2D eigenvalue weighted by molar-refractivity contribution is 5.98. The number of hydrogen-bond acceptors (Lipinski definition) is 5. The van der Waals surface area contributed by atoms with Crippen LogP contribution in [0, 0.1) is 19.8 Å². The number of aryl methyl sites for hydroxylation is 2. The lowest BCUT2D eigenvalue weighted by Crippen LogP contribution is -2.48. The van der Waals surface area contributed by atoms with Gasteiger partial charge in [-0.3, -0.25) is 4.79 Å². The Morgan fingerprint density at radius 2 is 1.94 bits per heavy atom. The first kappa shape index (κ1) is 22.6. The fourth-order valence-electron chi connectivity index (χ4n) is 4.10. The van der Waals surface area contributed by atoms with Crippen molar-refractivity contribution in [2.75, 3.05) is 18.1 Å². The van der Waals surface area contributed by atoms with Crippen molar-refractivity contribution in [1.82, 2.24) is 0 Å². The first-order valence-corrected chi connectivity index (χ1v) is 10.5. The lowest BCUT2D eigenvalue weighted by atomic mass is 9.92. The number of hydrogen-bond donors (Lipinski definition) is 1. The Bertz CT molecular complexity index is 962. The van der Waals surface area contributed by atoms with Gasteiger partial charge in [0.25, 0.3) is 0 Å². The molecule has 0 saturated carbocycles. The quantitative estimate of drug-likeness (QED) is 0.431. The van der Waals surface area contributed by atoms with E-state index < -0.39 is 12.2 Å². The molecule has 6 nitrogen and oxygen atoms in total. The Balaban J connectivity index is 1.74. The number of nitrogens with zero attached hydrogens (tertiary/aromatic N) is 1. The van der Waals surface area contributed by atoms with Gasteiger partial charge in [0.1, 0.15) is 12.4 Å². The number of anilines is 1. The molecular formula is C25H30N2O4. The van der Waals surface area contributed by atoms with E-state index in [9.17, 15) is 9.59 Å². The summed E-state index contributed by atoms with van der Waals surface area (Å²) in [5.74, 6) is 0.699. The van der Waals surface area contributed by atoms with Gasteiger partial charge in [-0.15, -0.1) is 0 Å². The van der Waals surface area contributed by atoms with Gasteiger partial charge in [0.15, 0.2) is 0 Å². The summed E-state index contributed by atoms with van der Waals surface area (Å²) < 4.78 is 10.1. The summed E-state index contributed by atoms with van der Waals surface area (Å²) in [7, 11) is 0. The molecule has 1 heterocycles.